The molecule has 0 amide bonds. The maximum atomic E-state index is 12.3. The van der Waals surface area contributed by atoms with Crippen molar-refractivity contribution in [2.75, 3.05) is 11.8 Å². The molecule has 0 spiro atoms. The van der Waals surface area contributed by atoms with Gasteiger partial charge in [-0.05, 0) is 23.3 Å². The molecule has 5 nitrogen and oxygen atoms in total. The molecular formula is C15H18N2O3S. The van der Waals surface area contributed by atoms with Crippen molar-refractivity contribution in [3.05, 3.63) is 65.7 Å². The highest BCUT2D eigenvalue weighted by atomic mass is 32.2. The lowest BCUT2D eigenvalue weighted by Crippen LogP contribution is -2.32. The smallest absolute Gasteiger partial charge is 0.301 e. The molecular weight excluding hydrogens is 288 g/mol. The number of hydrogen-bond acceptors (Lipinski definition) is 3. The summed E-state index contributed by atoms with van der Waals surface area (Å²) in [6.45, 7) is 0.158. The van der Waals surface area contributed by atoms with Crippen molar-refractivity contribution in [2.45, 2.75) is 13.2 Å². The molecule has 2 N–H and O–H groups in total. The first-order valence-corrected chi connectivity index (χ1v) is 7.93. The van der Waals surface area contributed by atoms with E-state index in [-0.39, 0.29) is 13.2 Å². The van der Waals surface area contributed by atoms with Crippen LogP contribution in [-0.2, 0) is 23.4 Å². The molecule has 0 aliphatic heterocycles. The third-order valence-corrected chi connectivity index (χ3v) is 4.46. The van der Waals surface area contributed by atoms with Gasteiger partial charge in [0.2, 0.25) is 0 Å². The maximum Gasteiger partial charge on any atom is 0.301 e. The lowest BCUT2D eigenvalue weighted by Gasteiger charge is -2.18. The molecule has 2 aromatic carbocycles. The van der Waals surface area contributed by atoms with Gasteiger partial charge in [0.1, 0.15) is 0 Å². The van der Waals surface area contributed by atoms with Crippen molar-refractivity contribution >= 4 is 15.9 Å². The topological polar surface area (TPSA) is 69.6 Å². The molecule has 0 heterocycles. The molecule has 2 rings (SSSR count). The molecule has 0 unspecified atom stereocenters. The number of hydrogen-bond donors (Lipinski definition) is 2. The van der Waals surface area contributed by atoms with Crippen LogP contribution >= 0.6 is 0 Å². The summed E-state index contributed by atoms with van der Waals surface area (Å²) in [7, 11) is -2.12. The van der Waals surface area contributed by atoms with Crippen LogP contribution in [0.25, 0.3) is 0 Å². The minimum absolute atomic E-state index is 0.130. The molecule has 0 bridgehead atoms. The monoisotopic (exact) mass is 306 g/mol. The number of nitrogens with one attached hydrogen (secondary N) is 1. The Kier molecular flexibility index (Phi) is 4.95. The fourth-order valence-corrected chi connectivity index (χ4v) is 2.79. The molecule has 0 radical (unpaired) electrons. The molecule has 2 aromatic rings. The highest BCUT2D eigenvalue weighted by molar-refractivity contribution is 7.90. The fraction of sp³-hybridized carbons (Fsp3) is 0.200. The summed E-state index contributed by atoms with van der Waals surface area (Å²) in [5.41, 5.74) is 2.00. The Bertz CT molecular complexity index is 687. The van der Waals surface area contributed by atoms with Crippen LogP contribution in [0.3, 0.4) is 0 Å². The number of nitrogens with zero attached hydrogens (tertiary/aromatic N) is 1. The van der Waals surface area contributed by atoms with E-state index in [4.69, 9.17) is 5.11 Å². The summed E-state index contributed by atoms with van der Waals surface area (Å²) in [5.74, 6) is 0. The molecule has 0 saturated heterocycles. The van der Waals surface area contributed by atoms with Crippen LogP contribution < -0.4 is 4.72 Å². The number of aliphatic hydroxyl groups excluding tert-OH is 1. The summed E-state index contributed by atoms with van der Waals surface area (Å²) in [4.78, 5) is 0. The van der Waals surface area contributed by atoms with E-state index in [1.54, 1.807) is 24.3 Å². The summed E-state index contributed by atoms with van der Waals surface area (Å²) in [5, 5.41) is 9.08. The second kappa shape index (κ2) is 6.71. The normalized spacial score (nSPS) is 11.6. The largest absolute Gasteiger partial charge is 0.392 e. The van der Waals surface area contributed by atoms with E-state index in [1.807, 2.05) is 30.3 Å². The van der Waals surface area contributed by atoms with Crippen molar-refractivity contribution in [1.82, 2.24) is 4.31 Å². The first kappa shape index (κ1) is 15.5. The van der Waals surface area contributed by atoms with Gasteiger partial charge in [-0.3, -0.25) is 4.72 Å². The van der Waals surface area contributed by atoms with Gasteiger partial charge in [0.25, 0.3) is 0 Å². The predicted octanol–water partition coefficient (Wildman–Crippen LogP) is 1.97. The van der Waals surface area contributed by atoms with E-state index in [1.165, 1.54) is 11.4 Å². The second-order valence-electron chi connectivity index (χ2n) is 4.71. The van der Waals surface area contributed by atoms with Crippen molar-refractivity contribution in [1.29, 1.82) is 0 Å². The molecule has 0 aromatic heterocycles. The van der Waals surface area contributed by atoms with Gasteiger partial charge in [-0.2, -0.15) is 12.7 Å². The SMILES string of the molecule is CN(Cc1ccccc1)S(=O)(=O)Nc1cccc(CO)c1. The van der Waals surface area contributed by atoms with Crippen LogP contribution in [0.5, 0.6) is 0 Å². The zero-order valence-electron chi connectivity index (χ0n) is 11.7. The fourth-order valence-electron chi connectivity index (χ4n) is 1.89. The first-order valence-electron chi connectivity index (χ1n) is 6.49. The van der Waals surface area contributed by atoms with Crippen molar-refractivity contribution in [3.8, 4) is 0 Å². The number of rotatable bonds is 6. The molecule has 112 valence electrons. The first-order chi connectivity index (χ1) is 10.0. The van der Waals surface area contributed by atoms with Gasteiger partial charge in [0.05, 0.1) is 12.3 Å². The van der Waals surface area contributed by atoms with Crippen LogP contribution in [0.15, 0.2) is 54.6 Å². The lowest BCUT2D eigenvalue weighted by atomic mass is 10.2. The Hall–Kier alpha value is -1.89. The molecule has 0 fully saturated rings. The zero-order valence-corrected chi connectivity index (χ0v) is 12.5. The van der Waals surface area contributed by atoms with Gasteiger partial charge in [-0.15, -0.1) is 0 Å². The van der Waals surface area contributed by atoms with E-state index < -0.39 is 10.2 Å². The van der Waals surface area contributed by atoms with Crippen LogP contribution in [-0.4, -0.2) is 24.9 Å². The number of aliphatic hydroxyl groups is 1. The summed E-state index contributed by atoms with van der Waals surface area (Å²) < 4.78 is 28.3. The van der Waals surface area contributed by atoms with E-state index in [2.05, 4.69) is 4.72 Å². The highest BCUT2D eigenvalue weighted by Gasteiger charge is 2.17. The molecule has 0 aliphatic carbocycles. The van der Waals surface area contributed by atoms with Crippen molar-refractivity contribution in [2.24, 2.45) is 0 Å². The van der Waals surface area contributed by atoms with Gasteiger partial charge in [-0.1, -0.05) is 42.5 Å². The molecule has 21 heavy (non-hydrogen) atoms. The van der Waals surface area contributed by atoms with Crippen molar-refractivity contribution < 1.29 is 13.5 Å². The van der Waals surface area contributed by atoms with Crippen LogP contribution in [0.4, 0.5) is 5.69 Å². The Morgan fingerprint density at radius 3 is 2.38 bits per heavy atom. The predicted molar refractivity (Wildman–Crippen MR) is 82.8 cm³/mol. The van der Waals surface area contributed by atoms with Gasteiger partial charge in [0.15, 0.2) is 0 Å². The minimum Gasteiger partial charge on any atom is -0.392 e. The average molecular weight is 306 g/mol. The minimum atomic E-state index is -3.63. The second-order valence-corrected chi connectivity index (χ2v) is 6.48. The molecule has 6 heteroatoms. The van der Waals surface area contributed by atoms with Crippen LogP contribution in [0.1, 0.15) is 11.1 Å². The number of benzene rings is 2. The van der Waals surface area contributed by atoms with Gasteiger partial charge in [0, 0.05) is 13.6 Å². The standard InChI is InChI=1S/C15H18N2O3S/c1-17(11-13-6-3-2-4-7-13)21(19,20)16-15-9-5-8-14(10-15)12-18/h2-10,16,18H,11-12H2,1H3. The summed E-state index contributed by atoms with van der Waals surface area (Å²) >= 11 is 0. The van der Waals surface area contributed by atoms with Crippen molar-refractivity contribution in [3.63, 3.8) is 0 Å². The summed E-state index contributed by atoms with van der Waals surface area (Å²) in [6, 6.07) is 16.0. The van der Waals surface area contributed by atoms with Gasteiger partial charge < -0.3 is 5.11 Å². The van der Waals surface area contributed by atoms with Crippen LogP contribution in [0, 0.1) is 0 Å². The van der Waals surface area contributed by atoms with Gasteiger partial charge >= 0.3 is 10.2 Å². The molecule has 0 aliphatic rings. The Labute approximate surface area is 125 Å². The highest BCUT2D eigenvalue weighted by Crippen LogP contribution is 2.15. The maximum absolute atomic E-state index is 12.3. The Morgan fingerprint density at radius 1 is 1.05 bits per heavy atom. The Morgan fingerprint density at radius 2 is 1.71 bits per heavy atom. The van der Waals surface area contributed by atoms with E-state index >= 15 is 0 Å². The lowest BCUT2D eigenvalue weighted by molar-refractivity contribution is 0.282. The third-order valence-electron chi connectivity index (χ3n) is 3.01. The van der Waals surface area contributed by atoms with E-state index in [9.17, 15) is 8.42 Å². The Balaban J connectivity index is 2.10. The zero-order chi connectivity index (χ0) is 15.3. The third kappa shape index (κ3) is 4.29. The summed E-state index contributed by atoms with van der Waals surface area (Å²) in [6.07, 6.45) is 0. The van der Waals surface area contributed by atoms with Gasteiger partial charge in [-0.25, -0.2) is 0 Å². The molecule has 0 atom stereocenters. The van der Waals surface area contributed by atoms with E-state index in [0.717, 1.165) is 5.56 Å². The van der Waals surface area contributed by atoms with Crippen LogP contribution in [0.2, 0.25) is 0 Å². The quantitative estimate of drug-likeness (QED) is 0.857. The number of anilines is 1. The molecule has 0 saturated carbocycles. The average Bonchev–Trinajstić information content (AvgIpc) is 2.48. The van der Waals surface area contributed by atoms with E-state index in [0.29, 0.717) is 11.3 Å².